The second-order valence-electron chi connectivity index (χ2n) is 13.0. The van der Waals surface area contributed by atoms with E-state index in [0.29, 0.717) is 25.7 Å². The Morgan fingerprint density at radius 2 is 1.92 bits per heavy atom. The Morgan fingerprint density at radius 1 is 1.28 bits per heavy atom. The highest BCUT2D eigenvalue weighted by Gasteiger charge is 2.39. The van der Waals surface area contributed by atoms with Gasteiger partial charge in [-0.2, -0.15) is 0 Å². The van der Waals surface area contributed by atoms with Gasteiger partial charge in [-0.3, -0.25) is 4.79 Å². The lowest BCUT2D eigenvalue weighted by atomic mass is 9.93. The van der Waals surface area contributed by atoms with Gasteiger partial charge in [-0.15, -0.1) is 0 Å². The first-order chi connectivity index (χ1) is 18.0. The Morgan fingerprint density at radius 3 is 2.49 bits per heavy atom. The molecule has 6 atom stereocenters. The average molecular weight is 561 g/mol. The maximum atomic E-state index is 11.3. The Balaban J connectivity index is 2.95. The van der Waals surface area contributed by atoms with Crippen LogP contribution in [0.4, 0.5) is 0 Å². The highest BCUT2D eigenvalue weighted by atomic mass is 28.4. The lowest BCUT2D eigenvalue weighted by molar-refractivity contribution is -0.141. The summed E-state index contributed by atoms with van der Waals surface area (Å²) in [7, 11) is -2.05. The third-order valence-electron chi connectivity index (χ3n) is 8.14. The van der Waals surface area contributed by atoms with Crippen LogP contribution in [0.1, 0.15) is 87.0 Å². The first-order valence-electron chi connectivity index (χ1n) is 14.5. The van der Waals surface area contributed by atoms with E-state index in [-0.39, 0.29) is 41.3 Å². The Bertz CT molecular complexity index is 908. The molecule has 1 aliphatic heterocycles. The Labute approximate surface area is 239 Å². The Kier molecular flexibility index (Phi) is 14.4. The molecule has 222 valence electrons. The molecule has 0 aliphatic carbocycles. The van der Waals surface area contributed by atoms with E-state index in [2.05, 4.69) is 79.1 Å². The van der Waals surface area contributed by atoms with E-state index in [4.69, 9.17) is 9.16 Å². The molecular formula is C33H56O5Si. The molecule has 6 heteroatoms. The van der Waals surface area contributed by atoms with Gasteiger partial charge in [0.2, 0.25) is 0 Å². The van der Waals surface area contributed by atoms with Gasteiger partial charge in [0.1, 0.15) is 0 Å². The zero-order valence-electron chi connectivity index (χ0n) is 26.1. The SMILES string of the molecule is C=C(C[C@@H](/C=C/[C@H]1CC(=C)[C@@H](CC[C@H](O)C/C=C/C)O1)O[Si](C)(C)C(C)(C)C)/C(C)=C/[C@H](C)C[C@@H](C)C(=O)O. The van der Waals surface area contributed by atoms with E-state index in [9.17, 15) is 15.0 Å². The molecule has 1 saturated heterocycles. The number of carboxylic acids is 1. The number of carboxylic acid groups (broad SMARTS) is 1. The summed E-state index contributed by atoms with van der Waals surface area (Å²) in [5.41, 5.74) is 3.17. The highest BCUT2D eigenvalue weighted by Crippen LogP contribution is 2.38. The van der Waals surface area contributed by atoms with Crippen LogP contribution in [0.15, 0.2) is 60.3 Å². The van der Waals surface area contributed by atoms with Crippen LogP contribution in [-0.4, -0.2) is 48.9 Å². The van der Waals surface area contributed by atoms with Gasteiger partial charge in [0.25, 0.3) is 0 Å². The number of aliphatic hydroxyl groups is 1. The van der Waals surface area contributed by atoms with Crippen molar-refractivity contribution in [3.05, 3.63) is 60.3 Å². The molecule has 1 rings (SSSR count). The number of aliphatic carboxylic acids is 1. The smallest absolute Gasteiger partial charge is 0.306 e. The van der Waals surface area contributed by atoms with Crippen molar-refractivity contribution in [1.82, 2.24) is 0 Å². The second-order valence-corrected chi connectivity index (χ2v) is 17.7. The Hall–Kier alpha value is -1.73. The summed E-state index contributed by atoms with van der Waals surface area (Å²) in [5, 5.41) is 19.5. The molecule has 0 aromatic rings. The predicted molar refractivity (Wildman–Crippen MR) is 166 cm³/mol. The van der Waals surface area contributed by atoms with Gasteiger partial charge < -0.3 is 19.4 Å². The van der Waals surface area contributed by atoms with Crippen molar-refractivity contribution in [2.75, 3.05) is 0 Å². The summed E-state index contributed by atoms with van der Waals surface area (Å²) < 4.78 is 13.1. The van der Waals surface area contributed by atoms with Gasteiger partial charge in [-0.05, 0) is 74.7 Å². The predicted octanol–water partition coefficient (Wildman–Crippen LogP) is 8.39. The van der Waals surface area contributed by atoms with E-state index in [1.807, 2.05) is 19.1 Å². The van der Waals surface area contributed by atoms with Crippen LogP contribution < -0.4 is 0 Å². The third-order valence-corrected chi connectivity index (χ3v) is 12.6. The molecule has 0 spiro atoms. The van der Waals surface area contributed by atoms with Crippen molar-refractivity contribution in [1.29, 1.82) is 0 Å². The quantitative estimate of drug-likeness (QED) is 0.113. The zero-order chi connectivity index (χ0) is 30.0. The maximum absolute atomic E-state index is 11.3. The molecule has 2 N–H and O–H groups in total. The minimum atomic E-state index is -2.05. The monoisotopic (exact) mass is 560 g/mol. The summed E-state index contributed by atoms with van der Waals surface area (Å²) in [4.78, 5) is 11.3. The van der Waals surface area contributed by atoms with Crippen LogP contribution in [0.5, 0.6) is 0 Å². The number of allylic oxidation sites excluding steroid dienone is 3. The van der Waals surface area contributed by atoms with Crippen molar-refractivity contribution in [2.45, 2.75) is 130 Å². The van der Waals surface area contributed by atoms with Crippen LogP contribution in [-0.2, 0) is 14.0 Å². The van der Waals surface area contributed by atoms with Crippen molar-refractivity contribution < 1.29 is 24.2 Å². The highest BCUT2D eigenvalue weighted by molar-refractivity contribution is 6.74. The van der Waals surface area contributed by atoms with Crippen molar-refractivity contribution in [2.24, 2.45) is 11.8 Å². The van der Waals surface area contributed by atoms with E-state index in [0.717, 1.165) is 29.6 Å². The molecule has 0 saturated carbocycles. The molecular weight excluding hydrogens is 504 g/mol. The number of aliphatic hydroxyl groups excluding tert-OH is 1. The molecule has 39 heavy (non-hydrogen) atoms. The van der Waals surface area contributed by atoms with Gasteiger partial charge in [-0.25, -0.2) is 0 Å². The normalized spacial score (nSPS) is 22.4. The van der Waals surface area contributed by atoms with Crippen molar-refractivity contribution in [3.8, 4) is 0 Å². The van der Waals surface area contributed by atoms with Gasteiger partial charge in [0, 0.05) is 12.8 Å². The summed E-state index contributed by atoms with van der Waals surface area (Å²) in [6, 6.07) is 0. The number of hydrogen-bond donors (Lipinski definition) is 2. The first-order valence-corrected chi connectivity index (χ1v) is 17.5. The second kappa shape index (κ2) is 15.9. The third kappa shape index (κ3) is 12.5. The number of hydrogen-bond acceptors (Lipinski definition) is 4. The summed E-state index contributed by atoms with van der Waals surface area (Å²) in [6.45, 7) is 27.7. The topological polar surface area (TPSA) is 76.0 Å². The van der Waals surface area contributed by atoms with Crippen molar-refractivity contribution >= 4 is 14.3 Å². The molecule has 0 bridgehead atoms. The lowest BCUT2D eigenvalue weighted by Crippen LogP contribution is -2.43. The van der Waals surface area contributed by atoms with E-state index >= 15 is 0 Å². The molecule has 1 heterocycles. The van der Waals surface area contributed by atoms with Gasteiger partial charge >= 0.3 is 5.97 Å². The fraction of sp³-hybridized carbons (Fsp3) is 0.667. The summed E-state index contributed by atoms with van der Waals surface area (Å²) in [5.74, 6) is -0.991. The number of rotatable bonds is 16. The zero-order valence-corrected chi connectivity index (χ0v) is 27.1. The first kappa shape index (κ1) is 35.3. The molecule has 0 radical (unpaired) electrons. The molecule has 0 aromatic heterocycles. The van der Waals surface area contributed by atoms with Crippen LogP contribution in [0.3, 0.4) is 0 Å². The largest absolute Gasteiger partial charge is 0.481 e. The fourth-order valence-electron chi connectivity index (χ4n) is 4.51. The van der Waals surface area contributed by atoms with Crippen LogP contribution in [0, 0.1) is 11.8 Å². The van der Waals surface area contributed by atoms with Crippen LogP contribution >= 0.6 is 0 Å². The minimum absolute atomic E-state index is 0.0329. The number of ether oxygens (including phenoxy) is 1. The van der Waals surface area contributed by atoms with Gasteiger partial charge in [0.15, 0.2) is 8.32 Å². The summed E-state index contributed by atoms with van der Waals surface area (Å²) >= 11 is 0. The maximum Gasteiger partial charge on any atom is 0.306 e. The molecule has 0 amide bonds. The minimum Gasteiger partial charge on any atom is -0.481 e. The van der Waals surface area contributed by atoms with Gasteiger partial charge in [-0.1, -0.05) is 83.7 Å². The molecule has 0 unspecified atom stereocenters. The van der Waals surface area contributed by atoms with E-state index in [1.165, 1.54) is 0 Å². The van der Waals surface area contributed by atoms with E-state index < -0.39 is 14.3 Å². The summed E-state index contributed by atoms with van der Waals surface area (Å²) in [6.07, 6.45) is 13.9. The number of carbonyl (C=O) groups is 1. The molecule has 1 aliphatic rings. The molecule has 5 nitrogen and oxygen atoms in total. The lowest BCUT2D eigenvalue weighted by Gasteiger charge is -2.39. The average Bonchev–Trinajstić information content (AvgIpc) is 3.17. The fourth-order valence-corrected chi connectivity index (χ4v) is 5.78. The molecule has 0 aromatic carbocycles. The van der Waals surface area contributed by atoms with Crippen LogP contribution in [0.2, 0.25) is 18.1 Å². The molecule has 1 fully saturated rings. The van der Waals surface area contributed by atoms with Gasteiger partial charge in [0.05, 0.1) is 30.3 Å². The van der Waals surface area contributed by atoms with Crippen molar-refractivity contribution in [3.63, 3.8) is 0 Å². The van der Waals surface area contributed by atoms with E-state index in [1.54, 1.807) is 6.92 Å². The standard InChI is InChI=1S/C33H56O5Si/c1-12-13-14-28(34)15-18-31-26(5)22-29(37-31)16-17-30(38-39(10,11)33(7,8)9)21-25(4)24(3)19-23(2)20-27(6)32(35)36/h12-13,16-17,19,23,27-31,34H,4-5,14-15,18,20-22H2,1-3,6-11H3,(H,35,36)/b13-12+,17-16+,24-19+/t23-,27+,28+,29-,30+,31+/m0/s1. The van der Waals surface area contributed by atoms with Crippen LogP contribution in [0.25, 0.3) is 0 Å².